The Hall–Kier alpha value is -1.18. The van der Waals surface area contributed by atoms with Gasteiger partial charge in [-0.15, -0.1) is 0 Å². The van der Waals surface area contributed by atoms with Crippen LogP contribution in [0.5, 0.6) is 0 Å². The van der Waals surface area contributed by atoms with Gasteiger partial charge in [-0.2, -0.15) is 13.2 Å². The Bertz CT molecular complexity index is 426. The summed E-state index contributed by atoms with van der Waals surface area (Å²) < 4.78 is 37.9. The summed E-state index contributed by atoms with van der Waals surface area (Å²) in [5.74, 6) is 0.866. The molecule has 0 radical (unpaired) electrons. The zero-order valence-electron chi connectivity index (χ0n) is 10.7. The van der Waals surface area contributed by atoms with Gasteiger partial charge in [0.25, 0.3) is 0 Å². The second-order valence-corrected chi connectivity index (χ2v) is 5.10. The standard InChI is InChI=1S/C11H15F3N4S/c1-15-8-5-9(17-10(16-8)19-2)18(7-3-4-7)6-11(12,13)14/h5,7H,3-4,6H2,1-2H3,(H,15,16,17). The van der Waals surface area contributed by atoms with E-state index in [2.05, 4.69) is 15.3 Å². The number of rotatable bonds is 5. The first-order valence-electron chi connectivity index (χ1n) is 5.87. The second kappa shape index (κ2) is 5.44. The third kappa shape index (κ3) is 3.89. The van der Waals surface area contributed by atoms with Crippen LogP contribution in [0, 0.1) is 0 Å². The molecule has 1 saturated carbocycles. The van der Waals surface area contributed by atoms with Crippen LogP contribution < -0.4 is 10.2 Å². The Morgan fingerprint density at radius 2 is 2.11 bits per heavy atom. The number of anilines is 2. The second-order valence-electron chi connectivity index (χ2n) is 4.32. The van der Waals surface area contributed by atoms with Crippen molar-refractivity contribution in [1.82, 2.24) is 9.97 Å². The lowest BCUT2D eigenvalue weighted by Gasteiger charge is -2.25. The van der Waals surface area contributed by atoms with Crippen molar-refractivity contribution in [3.8, 4) is 0 Å². The maximum atomic E-state index is 12.6. The van der Waals surface area contributed by atoms with E-state index in [1.54, 1.807) is 19.4 Å². The normalized spacial score (nSPS) is 15.4. The van der Waals surface area contributed by atoms with Crippen molar-refractivity contribution in [3.63, 3.8) is 0 Å². The quantitative estimate of drug-likeness (QED) is 0.667. The number of hydrogen-bond donors (Lipinski definition) is 1. The van der Waals surface area contributed by atoms with Crippen molar-refractivity contribution in [1.29, 1.82) is 0 Å². The third-order valence-electron chi connectivity index (χ3n) is 2.76. The van der Waals surface area contributed by atoms with Crippen molar-refractivity contribution in [3.05, 3.63) is 6.07 Å². The lowest BCUT2D eigenvalue weighted by Crippen LogP contribution is -2.36. The highest BCUT2D eigenvalue weighted by Crippen LogP contribution is 2.34. The number of hydrogen-bond acceptors (Lipinski definition) is 5. The van der Waals surface area contributed by atoms with Gasteiger partial charge in [0.05, 0.1) is 0 Å². The van der Waals surface area contributed by atoms with Crippen LogP contribution in [0.4, 0.5) is 24.8 Å². The number of halogens is 3. The molecular formula is C11H15F3N4S. The van der Waals surface area contributed by atoms with E-state index in [1.807, 2.05) is 0 Å². The Labute approximate surface area is 113 Å². The smallest absolute Gasteiger partial charge is 0.373 e. The minimum Gasteiger partial charge on any atom is -0.373 e. The van der Waals surface area contributed by atoms with Gasteiger partial charge in [0.1, 0.15) is 18.2 Å². The summed E-state index contributed by atoms with van der Waals surface area (Å²) in [5, 5.41) is 3.31. The molecule has 0 unspecified atom stereocenters. The van der Waals surface area contributed by atoms with Gasteiger partial charge in [0.2, 0.25) is 0 Å². The SMILES string of the molecule is CNc1cc(N(CC(F)(F)F)C2CC2)nc(SC)n1. The molecule has 0 aromatic carbocycles. The zero-order chi connectivity index (χ0) is 14.0. The van der Waals surface area contributed by atoms with Crippen molar-refractivity contribution in [2.45, 2.75) is 30.2 Å². The average molecular weight is 292 g/mol. The van der Waals surface area contributed by atoms with Gasteiger partial charge in [-0.05, 0) is 19.1 Å². The fourth-order valence-corrected chi connectivity index (χ4v) is 2.13. The van der Waals surface area contributed by atoms with Gasteiger partial charge in [-0.25, -0.2) is 9.97 Å². The zero-order valence-corrected chi connectivity index (χ0v) is 11.5. The van der Waals surface area contributed by atoms with E-state index >= 15 is 0 Å². The molecule has 0 amide bonds. The van der Waals surface area contributed by atoms with Gasteiger partial charge < -0.3 is 10.2 Å². The minimum absolute atomic E-state index is 0.0593. The molecule has 106 valence electrons. The Morgan fingerprint density at radius 3 is 2.58 bits per heavy atom. The first kappa shape index (κ1) is 14.2. The molecule has 4 nitrogen and oxygen atoms in total. The number of thioether (sulfide) groups is 1. The summed E-state index contributed by atoms with van der Waals surface area (Å²) in [6.07, 6.45) is -0.871. The summed E-state index contributed by atoms with van der Waals surface area (Å²) in [7, 11) is 1.68. The minimum atomic E-state index is -4.23. The lowest BCUT2D eigenvalue weighted by molar-refractivity contribution is -0.120. The molecule has 0 spiro atoms. The van der Waals surface area contributed by atoms with Crippen molar-refractivity contribution in [2.75, 3.05) is 30.1 Å². The molecule has 0 bridgehead atoms. The maximum Gasteiger partial charge on any atom is 0.405 e. The van der Waals surface area contributed by atoms with Gasteiger partial charge in [-0.3, -0.25) is 0 Å². The van der Waals surface area contributed by atoms with Crippen LogP contribution in [0.3, 0.4) is 0 Å². The molecule has 1 aliphatic carbocycles. The Balaban J connectivity index is 2.30. The molecule has 0 atom stereocenters. The molecule has 0 saturated heterocycles. The van der Waals surface area contributed by atoms with E-state index in [0.29, 0.717) is 16.8 Å². The number of alkyl halides is 3. The van der Waals surface area contributed by atoms with Crippen LogP contribution in [0.1, 0.15) is 12.8 Å². The highest BCUT2D eigenvalue weighted by Gasteiger charge is 2.39. The molecule has 19 heavy (non-hydrogen) atoms. The van der Waals surface area contributed by atoms with Crippen LogP contribution in [0.2, 0.25) is 0 Å². The lowest BCUT2D eigenvalue weighted by atomic mass is 10.4. The maximum absolute atomic E-state index is 12.6. The molecular weight excluding hydrogens is 277 g/mol. The van der Waals surface area contributed by atoms with Gasteiger partial charge in [-0.1, -0.05) is 11.8 Å². The molecule has 8 heteroatoms. The summed E-state index contributed by atoms with van der Waals surface area (Å²) in [4.78, 5) is 9.67. The van der Waals surface area contributed by atoms with Crippen LogP contribution in [0.25, 0.3) is 0 Å². The number of nitrogens with one attached hydrogen (secondary N) is 1. The van der Waals surface area contributed by atoms with E-state index in [1.165, 1.54) is 16.7 Å². The van der Waals surface area contributed by atoms with Crippen LogP contribution in [-0.2, 0) is 0 Å². The number of nitrogens with zero attached hydrogens (tertiary/aromatic N) is 3. The molecule has 1 aromatic heterocycles. The van der Waals surface area contributed by atoms with Crippen molar-refractivity contribution < 1.29 is 13.2 Å². The first-order valence-corrected chi connectivity index (χ1v) is 7.09. The van der Waals surface area contributed by atoms with Crippen molar-refractivity contribution in [2.24, 2.45) is 0 Å². The molecule has 2 rings (SSSR count). The molecule has 1 aromatic rings. The predicted molar refractivity (Wildman–Crippen MR) is 69.8 cm³/mol. The van der Waals surface area contributed by atoms with E-state index in [-0.39, 0.29) is 6.04 Å². The topological polar surface area (TPSA) is 41.0 Å². The monoisotopic (exact) mass is 292 g/mol. The largest absolute Gasteiger partial charge is 0.405 e. The summed E-state index contributed by atoms with van der Waals surface area (Å²) >= 11 is 1.31. The van der Waals surface area contributed by atoms with Crippen LogP contribution in [0.15, 0.2) is 11.2 Å². The van der Waals surface area contributed by atoms with E-state index in [9.17, 15) is 13.2 Å². The molecule has 1 N–H and O–H groups in total. The Morgan fingerprint density at radius 1 is 1.42 bits per heavy atom. The Kier molecular flexibility index (Phi) is 4.07. The predicted octanol–water partition coefficient (Wildman–Crippen LogP) is 2.77. The molecule has 0 aliphatic heterocycles. The van der Waals surface area contributed by atoms with Gasteiger partial charge in [0, 0.05) is 19.2 Å². The fraction of sp³-hybridized carbons (Fsp3) is 0.636. The summed E-state index contributed by atoms with van der Waals surface area (Å²) in [6.45, 7) is -0.967. The van der Waals surface area contributed by atoms with Crippen molar-refractivity contribution >= 4 is 23.4 Å². The molecule has 1 heterocycles. The van der Waals surface area contributed by atoms with E-state index in [0.717, 1.165) is 12.8 Å². The first-order chi connectivity index (χ1) is 8.93. The molecule has 1 fully saturated rings. The summed E-state index contributed by atoms with van der Waals surface area (Å²) in [6, 6.07) is 1.50. The van der Waals surface area contributed by atoms with Crippen LogP contribution in [-0.4, -0.2) is 42.0 Å². The highest BCUT2D eigenvalue weighted by molar-refractivity contribution is 7.98. The van der Waals surface area contributed by atoms with Gasteiger partial charge >= 0.3 is 6.18 Å². The molecule has 1 aliphatic rings. The average Bonchev–Trinajstić information content (AvgIpc) is 3.18. The van der Waals surface area contributed by atoms with E-state index < -0.39 is 12.7 Å². The fourth-order valence-electron chi connectivity index (χ4n) is 1.76. The number of aromatic nitrogens is 2. The van der Waals surface area contributed by atoms with Crippen LogP contribution >= 0.6 is 11.8 Å². The van der Waals surface area contributed by atoms with Gasteiger partial charge in [0.15, 0.2) is 5.16 Å². The third-order valence-corrected chi connectivity index (χ3v) is 3.31. The highest BCUT2D eigenvalue weighted by atomic mass is 32.2. The summed E-state index contributed by atoms with van der Waals surface area (Å²) in [5.41, 5.74) is 0. The van der Waals surface area contributed by atoms with E-state index in [4.69, 9.17) is 0 Å².